The Morgan fingerprint density at radius 1 is 1.00 bits per heavy atom. The van der Waals surface area contributed by atoms with Gasteiger partial charge in [0.1, 0.15) is 0 Å². The predicted octanol–water partition coefficient (Wildman–Crippen LogP) is 3.14. The maximum Gasteiger partial charge on any atom is 0.253 e. The number of nitrogens with one attached hydrogen (secondary N) is 1. The number of benzene rings is 2. The summed E-state index contributed by atoms with van der Waals surface area (Å²) in [6, 6.07) is 14.9. The molecule has 0 unspecified atom stereocenters. The molecule has 2 aromatic rings. The molecule has 3 rings (SSSR count). The molecule has 29 heavy (non-hydrogen) atoms. The van der Waals surface area contributed by atoms with Crippen LogP contribution in [0.5, 0.6) is 11.5 Å². The second-order valence-corrected chi connectivity index (χ2v) is 6.89. The molecule has 6 nitrogen and oxygen atoms in total. The Morgan fingerprint density at radius 2 is 1.69 bits per heavy atom. The molecule has 0 aromatic heterocycles. The first-order valence-electron chi connectivity index (χ1n) is 9.65. The molecule has 1 saturated heterocycles. The molecule has 1 fully saturated rings. The van der Waals surface area contributed by atoms with Crippen LogP contribution in [0.4, 0.5) is 0 Å². The first kappa shape index (κ1) is 20.5. The Hall–Kier alpha value is -3.28. The van der Waals surface area contributed by atoms with Crippen molar-refractivity contribution >= 4 is 17.9 Å². The Balaban J connectivity index is 1.51. The Morgan fingerprint density at radius 3 is 2.34 bits per heavy atom. The summed E-state index contributed by atoms with van der Waals surface area (Å²) < 4.78 is 10.5. The molecule has 0 aliphatic carbocycles. The van der Waals surface area contributed by atoms with Gasteiger partial charge in [-0.2, -0.15) is 0 Å². The van der Waals surface area contributed by atoms with Gasteiger partial charge >= 0.3 is 0 Å². The fraction of sp³-hybridized carbons (Fsp3) is 0.304. The largest absolute Gasteiger partial charge is 0.493 e. The molecule has 1 heterocycles. The van der Waals surface area contributed by atoms with Crippen LogP contribution < -0.4 is 14.8 Å². The van der Waals surface area contributed by atoms with Crippen LogP contribution in [-0.2, 0) is 4.79 Å². The van der Waals surface area contributed by atoms with Gasteiger partial charge in [0.15, 0.2) is 11.5 Å². The van der Waals surface area contributed by atoms with Gasteiger partial charge in [-0.05, 0) is 42.7 Å². The molecule has 0 saturated carbocycles. The molecule has 1 N–H and O–H groups in total. The fourth-order valence-electron chi connectivity index (χ4n) is 3.36. The Labute approximate surface area is 171 Å². The number of amides is 2. The molecule has 1 aliphatic rings. The van der Waals surface area contributed by atoms with E-state index in [0.717, 1.165) is 18.4 Å². The number of ether oxygens (including phenoxy) is 2. The van der Waals surface area contributed by atoms with E-state index in [9.17, 15) is 9.59 Å². The molecule has 1 aliphatic heterocycles. The highest BCUT2D eigenvalue weighted by atomic mass is 16.5. The van der Waals surface area contributed by atoms with Crippen LogP contribution in [0.15, 0.2) is 54.6 Å². The maximum absolute atomic E-state index is 12.8. The highest BCUT2D eigenvalue weighted by Gasteiger charge is 2.24. The van der Waals surface area contributed by atoms with Crippen LogP contribution in [0.25, 0.3) is 6.08 Å². The van der Waals surface area contributed by atoms with Gasteiger partial charge in [-0.15, -0.1) is 0 Å². The molecule has 0 radical (unpaired) electrons. The van der Waals surface area contributed by atoms with E-state index in [1.54, 1.807) is 44.6 Å². The molecule has 0 atom stereocenters. The van der Waals surface area contributed by atoms with Crippen molar-refractivity contribution in [1.29, 1.82) is 0 Å². The number of nitrogens with zero attached hydrogens (tertiary/aromatic N) is 1. The lowest BCUT2D eigenvalue weighted by Gasteiger charge is -2.32. The van der Waals surface area contributed by atoms with E-state index in [1.807, 2.05) is 35.2 Å². The van der Waals surface area contributed by atoms with E-state index in [0.29, 0.717) is 30.2 Å². The minimum Gasteiger partial charge on any atom is -0.493 e. The predicted molar refractivity (Wildman–Crippen MR) is 112 cm³/mol. The van der Waals surface area contributed by atoms with E-state index in [2.05, 4.69) is 5.32 Å². The summed E-state index contributed by atoms with van der Waals surface area (Å²) in [7, 11) is 3.11. The third kappa shape index (κ3) is 5.38. The maximum atomic E-state index is 12.8. The molecule has 0 bridgehead atoms. The van der Waals surface area contributed by atoms with Crippen LogP contribution in [0.1, 0.15) is 28.8 Å². The number of piperidine rings is 1. The zero-order valence-corrected chi connectivity index (χ0v) is 16.8. The van der Waals surface area contributed by atoms with E-state index < -0.39 is 0 Å². The second-order valence-electron chi connectivity index (χ2n) is 6.89. The van der Waals surface area contributed by atoms with Crippen molar-refractivity contribution in [2.75, 3.05) is 27.3 Å². The third-order valence-electron chi connectivity index (χ3n) is 4.99. The molecule has 6 heteroatoms. The minimum absolute atomic E-state index is 0.0419. The molecule has 2 amide bonds. The third-order valence-corrected chi connectivity index (χ3v) is 4.99. The number of hydrogen-bond donors (Lipinski definition) is 1. The highest BCUT2D eigenvalue weighted by molar-refractivity contribution is 5.95. The lowest BCUT2D eigenvalue weighted by molar-refractivity contribution is -0.117. The normalized spacial score (nSPS) is 14.6. The van der Waals surface area contributed by atoms with Crippen LogP contribution >= 0.6 is 0 Å². The van der Waals surface area contributed by atoms with Gasteiger partial charge in [0.25, 0.3) is 5.91 Å². The topological polar surface area (TPSA) is 67.9 Å². The summed E-state index contributed by atoms with van der Waals surface area (Å²) in [5.41, 5.74) is 1.55. The zero-order valence-electron chi connectivity index (χ0n) is 16.8. The van der Waals surface area contributed by atoms with Crippen LogP contribution in [0.3, 0.4) is 0 Å². The summed E-state index contributed by atoms with van der Waals surface area (Å²) >= 11 is 0. The molecule has 152 valence electrons. The number of methoxy groups -OCH3 is 2. The van der Waals surface area contributed by atoms with Crippen molar-refractivity contribution < 1.29 is 19.1 Å². The number of carbonyl (C=O) groups excluding carboxylic acids is 2. The molecule has 0 spiro atoms. The van der Waals surface area contributed by atoms with Crippen molar-refractivity contribution in [2.45, 2.75) is 18.9 Å². The van der Waals surface area contributed by atoms with Crippen molar-refractivity contribution in [3.63, 3.8) is 0 Å². The van der Waals surface area contributed by atoms with Crippen LogP contribution in [-0.4, -0.2) is 50.1 Å². The quantitative estimate of drug-likeness (QED) is 0.765. The average Bonchev–Trinajstić information content (AvgIpc) is 2.78. The summed E-state index contributed by atoms with van der Waals surface area (Å²) in [6.45, 7) is 1.20. The molecular weight excluding hydrogens is 368 g/mol. The number of likely N-dealkylation sites (tertiary alicyclic amines) is 1. The van der Waals surface area contributed by atoms with E-state index in [-0.39, 0.29) is 17.9 Å². The summed E-state index contributed by atoms with van der Waals surface area (Å²) in [6.07, 6.45) is 4.80. The summed E-state index contributed by atoms with van der Waals surface area (Å²) in [5, 5.41) is 3.02. The fourth-order valence-corrected chi connectivity index (χ4v) is 3.36. The van der Waals surface area contributed by atoms with Gasteiger partial charge in [-0.25, -0.2) is 0 Å². The summed E-state index contributed by atoms with van der Waals surface area (Å²) in [4.78, 5) is 26.7. The summed E-state index contributed by atoms with van der Waals surface area (Å²) in [5.74, 6) is 0.970. The minimum atomic E-state index is -0.112. The lowest BCUT2D eigenvalue weighted by Crippen LogP contribution is -2.46. The average molecular weight is 394 g/mol. The second kappa shape index (κ2) is 9.78. The SMILES string of the molecule is COc1ccc(C(=O)N2CCC(NC(=O)/C=C/c3ccccc3)CC2)cc1OC. The van der Waals surface area contributed by atoms with Gasteiger partial charge in [0, 0.05) is 30.8 Å². The first-order valence-corrected chi connectivity index (χ1v) is 9.65. The Bertz CT molecular complexity index is 872. The van der Waals surface area contributed by atoms with Crippen molar-refractivity contribution in [2.24, 2.45) is 0 Å². The van der Waals surface area contributed by atoms with Crippen LogP contribution in [0, 0.1) is 0 Å². The monoisotopic (exact) mass is 394 g/mol. The number of carbonyl (C=O) groups is 2. The number of rotatable bonds is 6. The van der Waals surface area contributed by atoms with Gasteiger partial charge in [-0.1, -0.05) is 30.3 Å². The smallest absolute Gasteiger partial charge is 0.253 e. The van der Waals surface area contributed by atoms with Crippen LogP contribution in [0.2, 0.25) is 0 Å². The van der Waals surface area contributed by atoms with E-state index in [4.69, 9.17) is 9.47 Å². The molecular formula is C23H26N2O4. The highest BCUT2D eigenvalue weighted by Crippen LogP contribution is 2.28. The Kier molecular flexibility index (Phi) is 6.89. The standard InChI is InChI=1S/C23H26N2O4/c1-28-20-10-9-18(16-21(20)29-2)23(27)25-14-12-19(13-15-25)24-22(26)11-8-17-6-4-3-5-7-17/h3-11,16,19H,12-15H2,1-2H3,(H,24,26)/b11-8+. The van der Waals surface area contributed by atoms with E-state index in [1.165, 1.54) is 0 Å². The van der Waals surface area contributed by atoms with Crippen molar-refractivity contribution in [3.8, 4) is 11.5 Å². The van der Waals surface area contributed by atoms with Gasteiger partial charge in [-0.3, -0.25) is 9.59 Å². The van der Waals surface area contributed by atoms with Crippen molar-refractivity contribution in [1.82, 2.24) is 10.2 Å². The van der Waals surface area contributed by atoms with Gasteiger partial charge in [0.05, 0.1) is 14.2 Å². The first-order chi connectivity index (χ1) is 14.1. The van der Waals surface area contributed by atoms with E-state index >= 15 is 0 Å². The lowest BCUT2D eigenvalue weighted by atomic mass is 10.0. The van der Waals surface area contributed by atoms with Crippen molar-refractivity contribution in [3.05, 3.63) is 65.7 Å². The number of hydrogen-bond acceptors (Lipinski definition) is 4. The van der Waals surface area contributed by atoms with Gasteiger partial charge in [0.2, 0.25) is 5.91 Å². The zero-order chi connectivity index (χ0) is 20.6. The molecule has 2 aromatic carbocycles. The van der Waals surface area contributed by atoms with Gasteiger partial charge < -0.3 is 19.7 Å².